The van der Waals surface area contributed by atoms with Crippen molar-refractivity contribution in [2.24, 2.45) is 0 Å². The number of hydrogen-bond donors (Lipinski definition) is 1. The number of nitrogens with zero attached hydrogens (tertiary/aromatic N) is 1. The molecule has 2 aromatic carbocycles. The largest absolute Gasteiger partial charge is 0.493 e. The summed E-state index contributed by atoms with van der Waals surface area (Å²) in [6.07, 6.45) is 4.40. The normalized spacial score (nSPS) is 15.2. The van der Waals surface area contributed by atoms with Gasteiger partial charge in [0.1, 0.15) is 11.9 Å². The monoisotopic (exact) mass is 400 g/mol. The number of methoxy groups -OCH3 is 2. The highest BCUT2D eigenvalue weighted by atomic mass is 19.1. The second kappa shape index (κ2) is 9.74. The van der Waals surface area contributed by atoms with E-state index in [1.165, 1.54) is 12.1 Å². The van der Waals surface area contributed by atoms with E-state index in [1.54, 1.807) is 26.4 Å². The molecular weight excluding hydrogens is 371 g/mol. The molecule has 0 radical (unpaired) electrons. The Morgan fingerprint density at radius 3 is 2.38 bits per heavy atom. The van der Waals surface area contributed by atoms with Crippen molar-refractivity contribution < 1.29 is 18.7 Å². The van der Waals surface area contributed by atoms with Gasteiger partial charge >= 0.3 is 0 Å². The molecule has 3 rings (SSSR count). The smallest absolute Gasteiger partial charge is 0.244 e. The van der Waals surface area contributed by atoms with Crippen LogP contribution in [0.2, 0.25) is 0 Å². The molecule has 1 N–H and O–H groups in total. The zero-order chi connectivity index (χ0) is 20.8. The molecule has 1 aliphatic carbocycles. The number of benzene rings is 2. The van der Waals surface area contributed by atoms with Crippen LogP contribution in [0.15, 0.2) is 42.5 Å². The first kappa shape index (κ1) is 21.1. The van der Waals surface area contributed by atoms with Crippen LogP contribution < -0.4 is 14.8 Å². The van der Waals surface area contributed by atoms with E-state index in [2.05, 4.69) is 5.32 Å². The van der Waals surface area contributed by atoms with Gasteiger partial charge in [0, 0.05) is 19.6 Å². The average Bonchev–Trinajstić information content (AvgIpc) is 3.29. The molecule has 156 valence electrons. The van der Waals surface area contributed by atoms with Crippen molar-refractivity contribution in [3.63, 3.8) is 0 Å². The molecule has 2 aromatic rings. The lowest BCUT2D eigenvalue weighted by Gasteiger charge is -2.30. The maximum atomic E-state index is 13.4. The lowest BCUT2D eigenvalue weighted by atomic mass is 10.0. The Morgan fingerprint density at radius 2 is 1.76 bits per heavy atom. The fourth-order valence-electron chi connectivity index (χ4n) is 3.88. The third kappa shape index (κ3) is 5.07. The Kier molecular flexibility index (Phi) is 7.09. The molecule has 0 spiro atoms. The molecule has 5 nitrogen and oxygen atoms in total. The van der Waals surface area contributed by atoms with Crippen molar-refractivity contribution in [3.8, 4) is 11.5 Å². The van der Waals surface area contributed by atoms with E-state index in [9.17, 15) is 9.18 Å². The Balaban J connectivity index is 1.85. The molecule has 0 saturated heterocycles. The van der Waals surface area contributed by atoms with Crippen molar-refractivity contribution in [3.05, 3.63) is 59.4 Å². The number of halogens is 1. The SMILES string of the molecule is COc1ccc(C(NCc2ccc(F)cc2)C(=O)N(C)C2CCCC2)cc1OC. The Hall–Kier alpha value is -2.60. The number of carbonyl (C=O) groups excluding carboxylic acids is 1. The number of ether oxygens (including phenoxy) is 2. The molecule has 1 fully saturated rings. The van der Waals surface area contributed by atoms with Crippen molar-refractivity contribution in [2.45, 2.75) is 44.3 Å². The van der Waals surface area contributed by atoms with Crippen LogP contribution in [-0.4, -0.2) is 38.1 Å². The molecule has 1 unspecified atom stereocenters. The Bertz CT molecular complexity index is 819. The van der Waals surface area contributed by atoms with E-state index < -0.39 is 6.04 Å². The van der Waals surface area contributed by atoms with E-state index in [4.69, 9.17) is 9.47 Å². The number of hydrogen-bond acceptors (Lipinski definition) is 4. The maximum Gasteiger partial charge on any atom is 0.244 e. The molecule has 1 atom stereocenters. The topological polar surface area (TPSA) is 50.8 Å². The summed E-state index contributed by atoms with van der Waals surface area (Å²) < 4.78 is 24.0. The van der Waals surface area contributed by atoms with Gasteiger partial charge < -0.3 is 14.4 Å². The minimum Gasteiger partial charge on any atom is -0.493 e. The fourth-order valence-corrected chi connectivity index (χ4v) is 3.88. The molecule has 0 aliphatic heterocycles. The summed E-state index contributed by atoms with van der Waals surface area (Å²) >= 11 is 0. The van der Waals surface area contributed by atoms with E-state index in [-0.39, 0.29) is 17.8 Å². The fraction of sp³-hybridized carbons (Fsp3) is 0.435. The summed E-state index contributed by atoms with van der Waals surface area (Å²) in [5.74, 6) is 0.938. The van der Waals surface area contributed by atoms with Crippen LogP contribution in [0, 0.1) is 5.82 Å². The van der Waals surface area contributed by atoms with E-state index in [0.29, 0.717) is 18.0 Å². The van der Waals surface area contributed by atoms with Gasteiger partial charge in [0.05, 0.1) is 14.2 Å². The zero-order valence-corrected chi connectivity index (χ0v) is 17.3. The first-order valence-electron chi connectivity index (χ1n) is 10.00. The number of nitrogens with one attached hydrogen (secondary N) is 1. The first-order chi connectivity index (χ1) is 14.0. The summed E-state index contributed by atoms with van der Waals surface area (Å²) in [7, 11) is 5.04. The van der Waals surface area contributed by atoms with Crippen molar-refractivity contribution in [1.82, 2.24) is 10.2 Å². The van der Waals surface area contributed by atoms with Crippen molar-refractivity contribution in [1.29, 1.82) is 0 Å². The van der Waals surface area contributed by atoms with Gasteiger partial charge in [0.25, 0.3) is 0 Å². The zero-order valence-electron chi connectivity index (χ0n) is 17.3. The van der Waals surface area contributed by atoms with Crippen LogP contribution in [0.25, 0.3) is 0 Å². The minimum absolute atomic E-state index is 0.0197. The Morgan fingerprint density at radius 1 is 1.10 bits per heavy atom. The quantitative estimate of drug-likeness (QED) is 0.726. The lowest BCUT2D eigenvalue weighted by Crippen LogP contribution is -2.43. The summed E-state index contributed by atoms with van der Waals surface area (Å²) in [5.41, 5.74) is 1.72. The molecule has 6 heteroatoms. The number of likely N-dealkylation sites (N-methyl/N-ethyl adjacent to an activating group) is 1. The van der Waals surface area contributed by atoms with E-state index in [1.807, 2.05) is 30.1 Å². The number of amides is 1. The third-order valence-electron chi connectivity index (χ3n) is 5.63. The standard InChI is InChI=1S/C23H29FN2O3/c1-26(19-6-4-5-7-19)23(27)22(25-15-16-8-11-18(24)12-9-16)17-10-13-20(28-2)21(14-17)29-3/h8-14,19,22,25H,4-7,15H2,1-3H3. The molecule has 1 amide bonds. The van der Waals surface area contributed by atoms with Gasteiger partial charge in [-0.05, 0) is 48.2 Å². The molecule has 1 aliphatic rings. The van der Waals surface area contributed by atoms with Crippen LogP contribution >= 0.6 is 0 Å². The Labute approximate surface area is 171 Å². The van der Waals surface area contributed by atoms with Gasteiger partial charge in [-0.2, -0.15) is 0 Å². The van der Waals surface area contributed by atoms with Crippen molar-refractivity contribution >= 4 is 5.91 Å². The van der Waals surface area contributed by atoms with Gasteiger partial charge in [-0.3, -0.25) is 10.1 Å². The molecule has 1 saturated carbocycles. The minimum atomic E-state index is -0.537. The lowest BCUT2D eigenvalue weighted by molar-refractivity contribution is -0.134. The van der Waals surface area contributed by atoms with Crippen LogP contribution in [0.1, 0.15) is 42.9 Å². The first-order valence-corrected chi connectivity index (χ1v) is 10.00. The molecular formula is C23H29FN2O3. The van der Waals surface area contributed by atoms with Crippen LogP contribution in [0.3, 0.4) is 0 Å². The molecule has 0 heterocycles. The predicted octanol–water partition coefficient (Wildman–Crippen LogP) is 4.07. The highest BCUT2D eigenvalue weighted by Crippen LogP contribution is 2.32. The third-order valence-corrected chi connectivity index (χ3v) is 5.63. The van der Waals surface area contributed by atoms with Gasteiger partial charge in [-0.1, -0.05) is 31.0 Å². The van der Waals surface area contributed by atoms with E-state index >= 15 is 0 Å². The predicted molar refractivity (Wildman–Crippen MR) is 111 cm³/mol. The van der Waals surface area contributed by atoms with Crippen molar-refractivity contribution in [2.75, 3.05) is 21.3 Å². The highest BCUT2D eigenvalue weighted by molar-refractivity contribution is 5.83. The van der Waals surface area contributed by atoms with E-state index in [0.717, 1.165) is 36.8 Å². The second-order valence-corrected chi connectivity index (χ2v) is 7.44. The molecule has 0 aromatic heterocycles. The summed E-state index contributed by atoms with van der Waals surface area (Å²) in [5, 5.41) is 3.35. The summed E-state index contributed by atoms with van der Waals surface area (Å²) in [6.45, 7) is 0.448. The van der Waals surface area contributed by atoms with Gasteiger partial charge in [-0.15, -0.1) is 0 Å². The molecule has 29 heavy (non-hydrogen) atoms. The highest BCUT2D eigenvalue weighted by Gasteiger charge is 2.30. The van der Waals surface area contributed by atoms with Crippen LogP contribution in [0.5, 0.6) is 11.5 Å². The summed E-state index contributed by atoms with van der Waals surface area (Å²) in [6, 6.07) is 11.6. The van der Waals surface area contributed by atoms with Gasteiger partial charge in [0.2, 0.25) is 5.91 Å². The van der Waals surface area contributed by atoms with Gasteiger partial charge in [0.15, 0.2) is 11.5 Å². The van der Waals surface area contributed by atoms with Crippen LogP contribution in [0.4, 0.5) is 4.39 Å². The maximum absolute atomic E-state index is 13.4. The van der Waals surface area contributed by atoms with Crippen LogP contribution in [-0.2, 0) is 11.3 Å². The number of rotatable bonds is 8. The van der Waals surface area contributed by atoms with Gasteiger partial charge in [-0.25, -0.2) is 4.39 Å². The second-order valence-electron chi connectivity index (χ2n) is 7.44. The average molecular weight is 400 g/mol. The molecule has 0 bridgehead atoms. The summed E-state index contributed by atoms with van der Waals surface area (Å²) in [4.78, 5) is 15.3. The number of carbonyl (C=O) groups is 1.